The van der Waals surface area contributed by atoms with Gasteiger partial charge in [-0.1, -0.05) is 227 Å². The lowest BCUT2D eigenvalue weighted by atomic mass is 9.81. The minimum Gasteiger partial charge on any atom is -0.445 e. The smallest absolute Gasteiger partial charge is 0.226 e. The third-order valence-corrected chi connectivity index (χ3v) is 20.9. The van der Waals surface area contributed by atoms with Gasteiger partial charge in [-0.2, -0.15) is 0 Å². The van der Waals surface area contributed by atoms with Gasteiger partial charge in [0.05, 0.1) is 12.4 Å². The van der Waals surface area contributed by atoms with Crippen LogP contribution in [-0.4, -0.2) is 54.7 Å². The van der Waals surface area contributed by atoms with E-state index in [4.69, 9.17) is 4.42 Å². The molecule has 7 aliphatic rings. The van der Waals surface area contributed by atoms with Crippen LogP contribution in [0.1, 0.15) is 242 Å². The standard InChI is InChI=1S/C17H16O.C16H20O.C14H18O.C13H13N3O.C13H11NO2.C13H16O/c1-12-10-16-14(8-5-9-15(16)17(12)18)11-13-6-3-2-4-7-13;1-11-10-15-13(12-6-3-2-4-7-12)8-5-9-14(15)16(11)17;1-3-4-6-11-7-5-8-12-13(11)9-10(2)14(12)15;1-8-6-11-9(12-7-16(2)15-14-12)4-3-5-10(11)13(8)17;1-8-7-11-9(12(8)15)3-2-4-10(11)13-14-5-6-16-13;1-8(2)10-5-4-6-11-12(10)7-9(3)13(11)14/h2-9,12H,10-11H2,1H3;5,8-9,11-12H,2-4,6-7,10H2,1H3;5,7-8,10H,3-4,6,9H2,1-2H3;3-5,7-8H,6H2,1-2H3;2-6,8H,7H2,1H3;4-6,8-9H,7H2,1-3H3. The first-order valence-corrected chi connectivity index (χ1v) is 35.6. The lowest BCUT2D eigenvalue weighted by Gasteiger charge is -2.24. The van der Waals surface area contributed by atoms with Crippen molar-refractivity contribution >= 4 is 34.7 Å². The van der Waals surface area contributed by atoms with E-state index < -0.39 is 0 Å². The van der Waals surface area contributed by atoms with Crippen LogP contribution in [0.5, 0.6) is 0 Å². The van der Waals surface area contributed by atoms with Crippen LogP contribution in [0.25, 0.3) is 22.7 Å². The number of aromatic nitrogens is 4. The van der Waals surface area contributed by atoms with Gasteiger partial charge >= 0.3 is 0 Å². The van der Waals surface area contributed by atoms with Crippen LogP contribution in [-0.2, 0) is 58.4 Å². The third kappa shape index (κ3) is 15.2. The van der Waals surface area contributed by atoms with Gasteiger partial charge in [0, 0.05) is 87.1 Å². The molecule has 0 N–H and O–H groups in total. The van der Waals surface area contributed by atoms with Gasteiger partial charge in [-0.3, -0.25) is 33.4 Å². The average Bonchev–Trinajstić information content (AvgIpc) is 1.72. The van der Waals surface area contributed by atoms with Crippen LogP contribution < -0.4 is 0 Å². The molecule has 0 radical (unpaired) electrons. The van der Waals surface area contributed by atoms with Gasteiger partial charge in [-0.05, 0) is 150 Å². The first-order chi connectivity index (χ1) is 46.8. The lowest BCUT2D eigenvalue weighted by Crippen LogP contribution is -2.07. The zero-order valence-electron chi connectivity index (χ0n) is 58.4. The fourth-order valence-corrected chi connectivity index (χ4v) is 15.6. The number of hydrogen-bond acceptors (Lipinski definition) is 10. The van der Waals surface area contributed by atoms with Crippen LogP contribution in [0.3, 0.4) is 0 Å². The number of rotatable bonds is 9. The summed E-state index contributed by atoms with van der Waals surface area (Å²) < 4.78 is 6.97. The van der Waals surface area contributed by atoms with Gasteiger partial charge in [0.15, 0.2) is 34.7 Å². The molecule has 500 valence electrons. The number of carbonyl (C=O) groups excluding carboxylic acids is 6. The Morgan fingerprint density at radius 3 is 1.41 bits per heavy atom. The van der Waals surface area contributed by atoms with Gasteiger partial charge in [0.2, 0.25) is 5.89 Å². The van der Waals surface area contributed by atoms with Crippen molar-refractivity contribution in [2.24, 2.45) is 42.6 Å². The van der Waals surface area contributed by atoms with Crippen molar-refractivity contribution in [2.75, 3.05) is 0 Å². The first-order valence-electron chi connectivity index (χ1n) is 35.6. The van der Waals surface area contributed by atoms with E-state index in [0.717, 1.165) is 119 Å². The zero-order chi connectivity index (χ0) is 68.6. The predicted molar refractivity (Wildman–Crippen MR) is 385 cm³/mol. The number of hydrogen-bond donors (Lipinski definition) is 0. The number of oxazole rings is 1. The van der Waals surface area contributed by atoms with Crippen molar-refractivity contribution in [3.8, 4) is 22.7 Å². The van der Waals surface area contributed by atoms with Crippen LogP contribution in [0, 0.1) is 35.5 Å². The Labute approximate surface area is 573 Å². The fraction of sp³-hybridized carbons (Fsp3) is 0.384. The summed E-state index contributed by atoms with van der Waals surface area (Å²) in [6.45, 7) is 18.6. The maximum atomic E-state index is 12.0. The highest BCUT2D eigenvalue weighted by atomic mass is 16.3. The number of fused-ring (bicyclic) bond motifs is 6. The molecule has 16 rings (SSSR count). The van der Waals surface area contributed by atoms with Crippen molar-refractivity contribution < 1.29 is 33.2 Å². The van der Waals surface area contributed by atoms with Gasteiger partial charge in [-0.15, -0.1) is 5.10 Å². The van der Waals surface area contributed by atoms with Crippen LogP contribution in [0.2, 0.25) is 0 Å². The van der Waals surface area contributed by atoms with E-state index in [1.54, 1.807) is 17.1 Å². The van der Waals surface area contributed by atoms with Crippen molar-refractivity contribution in [3.05, 3.63) is 253 Å². The molecule has 2 aromatic heterocycles. The molecule has 7 aliphatic carbocycles. The quantitative estimate of drug-likeness (QED) is 0.136. The van der Waals surface area contributed by atoms with E-state index in [1.165, 1.54) is 95.0 Å². The Balaban J connectivity index is 0.000000118. The molecule has 0 saturated heterocycles. The maximum absolute atomic E-state index is 12.0. The van der Waals surface area contributed by atoms with Crippen molar-refractivity contribution in [1.82, 2.24) is 20.0 Å². The second kappa shape index (κ2) is 31.0. The summed E-state index contributed by atoms with van der Waals surface area (Å²) in [4.78, 5) is 75.6. The number of nitrogens with zero attached hydrogens (tertiary/aromatic N) is 4. The summed E-state index contributed by atoms with van der Waals surface area (Å²) in [5.74, 6) is 4.52. The molecule has 7 aromatic carbocycles. The second-order valence-electron chi connectivity index (χ2n) is 28.5. The molecule has 97 heavy (non-hydrogen) atoms. The van der Waals surface area contributed by atoms with E-state index in [9.17, 15) is 28.8 Å². The number of carbonyl (C=O) groups is 6. The Hall–Kier alpha value is -9.09. The largest absolute Gasteiger partial charge is 0.445 e. The Morgan fingerprint density at radius 1 is 0.464 bits per heavy atom. The summed E-state index contributed by atoms with van der Waals surface area (Å²) >= 11 is 0. The van der Waals surface area contributed by atoms with E-state index in [0.29, 0.717) is 34.9 Å². The molecule has 6 atom stereocenters. The molecule has 0 bridgehead atoms. The van der Waals surface area contributed by atoms with Gasteiger partial charge in [0.25, 0.3) is 0 Å². The summed E-state index contributed by atoms with van der Waals surface area (Å²) in [6, 6.07) is 46.8. The monoisotopic (exact) mass is 1290 g/mol. The molecule has 0 aliphatic heterocycles. The number of ketones is 6. The predicted octanol–water partition coefficient (Wildman–Crippen LogP) is 18.9. The Kier molecular flexibility index (Phi) is 22.1. The molecule has 1 saturated carbocycles. The molecule has 0 amide bonds. The molecular weight excluding hydrogens is 1200 g/mol. The number of benzene rings is 7. The zero-order valence-corrected chi connectivity index (χ0v) is 58.4. The maximum Gasteiger partial charge on any atom is 0.226 e. The summed E-state index contributed by atoms with van der Waals surface area (Å²) in [7, 11) is 1.84. The highest BCUT2D eigenvalue weighted by molar-refractivity contribution is 6.06. The second-order valence-corrected chi connectivity index (χ2v) is 28.5. The van der Waals surface area contributed by atoms with Crippen molar-refractivity contribution in [3.63, 3.8) is 0 Å². The van der Waals surface area contributed by atoms with E-state index in [1.807, 2.05) is 133 Å². The van der Waals surface area contributed by atoms with Gasteiger partial charge in [0.1, 0.15) is 12.0 Å². The molecule has 11 heteroatoms. The molecule has 6 unspecified atom stereocenters. The highest BCUT2D eigenvalue weighted by Crippen LogP contribution is 2.41. The van der Waals surface area contributed by atoms with E-state index in [-0.39, 0.29) is 47.1 Å². The minimum absolute atomic E-state index is 0.0751. The minimum atomic E-state index is 0.0751. The first kappa shape index (κ1) is 69.3. The molecule has 2 heterocycles. The van der Waals surface area contributed by atoms with Crippen molar-refractivity contribution in [2.45, 2.75) is 170 Å². The fourth-order valence-electron chi connectivity index (χ4n) is 15.6. The number of aryl methyl sites for hydroxylation is 2. The SMILES string of the molecule is CC1Cc2c(Cc3ccccc3)cccc2C1=O.CC1Cc2c(cccc2-c2cn(C)nn2)C1=O.CC1Cc2c(cccc2-c2ncco2)C1=O.CC1Cc2c(cccc2C(C)C)C1=O.CC1Cc2c(cccc2C2CCCCC2)C1=O.CCCCc1cccc2c1CC(C)C2=O. The molecule has 9 aromatic rings. The Morgan fingerprint density at radius 2 is 0.897 bits per heavy atom. The van der Waals surface area contributed by atoms with E-state index in [2.05, 4.69) is 97.6 Å². The average molecular weight is 1300 g/mol. The van der Waals surface area contributed by atoms with Crippen LogP contribution in [0.4, 0.5) is 0 Å². The number of unbranched alkanes of at least 4 members (excludes halogenated alkanes) is 1. The molecule has 1 fully saturated rings. The van der Waals surface area contributed by atoms with Crippen LogP contribution >= 0.6 is 0 Å². The molecule has 11 nitrogen and oxygen atoms in total. The topological polar surface area (TPSA) is 159 Å². The third-order valence-electron chi connectivity index (χ3n) is 20.9. The molecule has 0 spiro atoms. The highest BCUT2D eigenvalue weighted by Gasteiger charge is 2.35. The molecular formula is C86H94N4O7. The number of Topliss-reactive ketones (excluding diaryl/α,β-unsaturated/α-hetero) is 6. The van der Waals surface area contributed by atoms with Crippen molar-refractivity contribution in [1.29, 1.82) is 0 Å². The summed E-state index contributed by atoms with van der Waals surface area (Å²) in [6.07, 6.45) is 21.6. The normalized spacial score (nSPS) is 19.9. The summed E-state index contributed by atoms with van der Waals surface area (Å²) in [5.41, 5.74) is 22.7. The van der Waals surface area contributed by atoms with E-state index >= 15 is 0 Å². The Bertz CT molecular complexity index is 4360. The summed E-state index contributed by atoms with van der Waals surface area (Å²) in [5, 5.41) is 8.05. The lowest BCUT2D eigenvalue weighted by molar-refractivity contribution is 0.0939. The van der Waals surface area contributed by atoms with Gasteiger partial charge < -0.3 is 4.42 Å². The van der Waals surface area contributed by atoms with Crippen LogP contribution in [0.15, 0.2) is 163 Å². The van der Waals surface area contributed by atoms with Gasteiger partial charge in [-0.25, -0.2) is 4.98 Å².